The molecule has 2 aromatic rings. The van der Waals surface area contributed by atoms with Crippen molar-refractivity contribution in [2.24, 2.45) is 0 Å². The second-order valence-electron chi connectivity index (χ2n) is 6.04. The largest absolute Gasteiger partial charge is 0.482 e. The van der Waals surface area contributed by atoms with Crippen LogP contribution in [0, 0.1) is 0 Å². The van der Waals surface area contributed by atoms with Crippen LogP contribution in [0.2, 0.25) is 0 Å². The minimum absolute atomic E-state index is 0.0407. The number of amides is 2. The van der Waals surface area contributed by atoms with E-state index < -0.39 is 0 Å². The van der Waals surface area contributed by atoms with E-state index in [1.807, 2.05) is 36.4 Å². The molecule has 0 aliphatic carbocycles. The third-order valence-electron chi connectivity index (χ3n) is 4.18. The first-order valence-corrected chi connectivity index (χ1v) is 8.57. The van der Waals surface area contributed by atoms with Gasteiger partial charge >= 0.3 is 0 Å². The normalized spacial score (nSPS) is 13.1. The van der Waals surface area contributed by atoms with Gasteiger partial charge in [-0.25, -0.2) is 0 Å². The Bertz CT molecular complexity index is 774. The molecule has 0 fully saturated rings. The average Bonchev–Trinajstić information content (AvgIpc) is 2.68. The zero-order valence-corrected chi connectivity index (χ0v) is 14.7. The molecule has 0 spiro atoms. The average molecular weight is 354 g/mol. The van der Waals surface area contributed by atoms with Gasteiger partial charge in [-0.05, 0) is 36.2 Å². The molecule has 1 heterocycles. The van der Waals surface area contributed by atoms with Crippen molar-refractivity contribution in [1.82, 2.24) is 5.32 Å². The number of methoxy groups -OCH3 is 1. The van der Waals surface area contributed by atoms with Gasteiger partial charge in [-0.15, -0.1) is 0 Å². The van der Waals surface area contributed by atoms with Crippen molar-refractivity contribution in [3.8, 4) is 5.75 Å². The molecule has 136 valence electrons. The third kappa shape index (κ3) is 4.21. The summed E-state index contributed by atoms with van der Waals surface area (Å²) in [5.74, 6) is 0.517. The fourth-order valence-corrected chi connectivity index (χ4v) is 2.79. The van der Waals surface area contributed by atoms with Crippen molar-refractivity contribution in [3.05, 3.63) is 59.7 Å². The molecule has 1 aliphatic heterocycles. The monoisotopic (exact) mass is 354 g/mol. The Labute approximate surface area is 152 Å². The fourth-order valence-electron chi connectivity index (χ4n) is 2.79. The Morgan fingerprint density at radius 2 is 1.96 bits per heavy atom. The maximum Gasteiger partial charge on any atom is 0.265 e. The predicted octanol–water partition coefficient (Wildman–Crippen LogP) is 2.38. The van der Waals surface area contributed by atoms with Crippen molar-refractivity contribution in [2.75, 3.05) is 31.8 Å². The van der Waals surface area contributed by atoms with E-state index in [4.69, 9.17) is 9.47 Å². The van der Waals surface area contributed by atoms with E-state index in [0.717, 1.165) is 17.7 Å². The molecule has 6 heteroatoms. The van der Waals surface area contributed by atoms with Crippen LogP contribution < -0.4 is 15.0 Å². The Hall–Kier alpha value is -2.86. The van der Waals surface area contributed by atoms with E-state index >= 15 is 0 Å². The molecule has 0 saturated carbocycles. The highest BCUT2D eigenvalue weighted by Crippen LogP contribution is 2.32. The van der Waals surface area contributed by atoms with Crippen LogP contribution in [0.25, 0.3) is 0 Å². The summed E-state index contributed by atoms with van der Waals surface area (Å²) in [5, 5.41) is 2.85. The Morgan fingerprint density at radius 1 is 1.19 bits per heavy atom. The molecule has 26 heavy (non-hydrogen) atoms. The van der Waals surface area contributed by atoms with E-state index in [1.54, 1.807) is 24.1 Å². The molecule has 2 aromatic carbocycles. The lowest BCUT2D eigenvalue weighted by Crippen LogP contribution is -2.38. The standard InChI is InChI=1S/C20H22N2O4/c1-25-12-4-11-21-20(24)16-9-7-15(8-10-16)13-22-17-5-2-3-6-18(17)26-14-19(22)23/h2-3,5-10H,4,11-14H2,1H3,(H,21,24). The topological polar surface area (TPSA) is 67.9 Å². The van der Waals surface area contributed by atoms with Crippen LogP contribution in [-0.2, 0) is 16.1 Å². The van der Waals surface area contributed by atoms with Crippen LogP contribution in [-0.4, -0.2) is 38.7 Å². The van der Waals surface area contributed by atoms with Crippen molar-refractivity contribution in [2.45, 2.75) is 13.0 Å². The number of carbonyl (C=O) groups is 2. The van der Waals surface area contributed by atoms with Gasteiger partial charge in [0, 0.05) is 25.8 Å². The van der Waals surface area contributed by atoms with E-state index in [-0.39, 0.29) is 18.4 Å². The molecule has 0 saturated heterocycles. The van der Waals surface area contributed by atoms with E-state index in [9.17, 15) is 9.59 Å². The maximum atomic E-state index is 12.2. The Balaban J connectivity index is 1.64. The number of nitrogens with one attached hydrogen (secondary N) is 1. The second-order valence-corrected chi connectivity index (χ2v) is 6.04. The second kappa shape index (κ2) is 8.49. The van der Waals surface area contributed by atoms with Crippen LogP contribution in [0.5, 0.6) is 5.75 Å². The number of anilines is 1. The molecule has 0 radical (unpaired) electrons. The molecule has 6 nitrogen and oxygen atoms in total. The minimum atomic E-state index is -0.111. The van der Waals surface area contributed by atoms with Crippen molar-refractivity contribution >= 4 is 17.5 Å². The van der Waals surface area contributed by atoms with Gasteiger partial charge in [-0.3, -0.25) is 9.59 Å². The fraction of sp³-hybridized carbons (Fsp3) is 0.300. The maximum absolute atomic E-state index is 12.2. The Kier molecular flexibility index (Phi) is 5.86. The van der Waals surface area contributed by atoms with Crippen molar-refractivity contribution < 1.29 is 19.1 Å². The number of rotatable bonds is 7. The molecular formula is C20H22N2O4. The van der Waals surface area contributed by atoms with Gasteiger partial charge in [0.2, 0.25) is 0 Å². The number of hydrogen-bond donors (Lipinski definition) is 1. The van der Waals surface area contributed by atoms with Crippen LogP contribution in [0.4, 0.5) is 5.69 Å². The summed E-state index contributed by atoms with van der Waals surface area (Å²) < 4.78 is 10.4. The van der Waals surface area contributed by atoms with Gasteiger partial charge in [-0.1, -0.05) is 24.3 Å². The van der Waals surface area contributed by atoms with Crippen LogP contribution in [0.1, 0.15) is 22.3 Å². The lowest BCUT2D eigenvalue weighted by Gasteiger charge is -2.29. The lowest BCUT2D eigenvalue weighted by atomic mass is 10.1. The third-order valence-corrected chi connectivity index (χ3v) is 4.18. The quantitative estimate of drug-likeness (QED) is 0.775. The smallest absolute Gasteiger partial charge is 0.265 e. The highest BCUT2D eigenvalue weighted by molar-refractivity contribution is 5.98. The van der Waals surface area contributed by atoms with Gasteiger partial charge in [0.1, 0.15) is 5.75 Å². The first kappa shape index (κ1) is 17.9. The van der Waals surface area contributed by atoms with Crippen LogP contribution >= 0.6 is 0 Å². The van der Waals surface area contributed by atoms with Gasteiger partial charge in [-0.2, -0.15) is 0 Å². The zero-order chi connectivity index (χ0) is 18.4. The van der Waals surface area contributed by atoms with Crippen LogP contribution in [0.3, 0.4) is 0 Å². The number of fused-ring (bicyclic) bond motifs is 1. The summed E-state index contributed by atoms with van der Waals surface area (Å²) in [6.07, 6.45) is 0.777. The zero-order valence-electron chi connectivity index (χ0n) is 14.7. The summed E-state index contributed by atoms with van der Waals surface area (Å²) in [7, 11) is 1.64. The Morgan fingerprint density at radius 3 is 2.73 bits per heavy atom. The molecule has 0 bridgehead atoms. The van der Waals surface area contributed by atoms with Gasteiger partial charge in [0.25, 0.3) is 11.8 Å². The summed E-state index contributed by atoms with van der Waals surface area (Å²) in [5.41, 5.74) is 2.31. The lowest BCUT2D eigenvalue weighted by molar-refractivity contribution is -0.121. The molecule has 0 unspecified atom stereocenters. The summed E-state index contributed by atoms with van der Waals surface area (Å²) in [4.78, 5) is 26.0. The van der Waals surface area contributed by atoms with E-state index in [0.29, 0.717) is 31.0 Å². The molecule has 0 aromatic heterocycles. The molecule has 0 atom stereocenters. The number of benzene rings is 2. The van der Waals surface area contributed by atoms with Gasteiger partial charge in [0.15, 0.2) is 6.61 Å². The highest BCUT2D eigenvalue weighted by atomic mass is 16.5. The highest BCUT2D eigenvalue weighted by Gasteiger charge is 2.25. The van der Waals surface area contributed by atoms with E-state index in [1.165, 1.54) is 0 Å². The van der Waals surface area contributed by atoms with Gasteiger partial charge < -0.3 is 19.7 Å². The first-order valence-electron chi connectivity index (χ1n) is 8.57. The molecule has 1 N–H and O–H groups in total. The summed E-state index contributed by atoms with van der Waals surface area (Å²) in [6, 6.07) is 14.8. The predicted molar refractivity (Wildman–Crippen MR) is 98.4 cm³/mol. The summed E-state index contributed by atoms with van der Waals surface area (Å²) in [6.45, 7) is 1.68. The number of nitrogens with zero attached hydrogens (tertiary/aromatic N) is 1. The van der Waals surface area contributed by atoms with Crippen molar-refractivity contribution in [1.29, 1.82) is 0 Å². The van der Waals surface area contributed by atoms with Gasteiger partial charge in [0.05, 0.1) is 12.2 Å². The minimum Gasteiger partial charge on any atom is -0.482 e. The summed E-state index contributed by atoms with van der Waals surface area (Å²) >= 11 is 0. The number of hydrogen-bond acceptors (Lipinski definition) is 4. The molecular weight excluding hydrogens is 332 g/mol. The van der Waals surface area contributed by atoms with Crippen molar-refractivity contribution in [3.63, 3.8) is 0 Å². The molecule has 1 aliphatic rings. The number of carbonyl (C=O) groups excluding carboxylic acids is 2. The first-order chi connectivity index (χ1) is 12.7. The number of para-hydroxylation sites is 2. The molecule has 2 amide bonds. The number of ether oxygens (including phenoxy) is 2. The molecule has 3 rings (SSSR count). The van der Waals surface area contributed by atoms with Crippen LogP contribution in [0.15, 0.2) is 48.5 Å². The SMILES string of the molecule is COCCCNC(=O)c1ccc(CN2C(=O)COc3ccccc32)cc1. The van der Waals surface area contributed by atoms with E-state index in [2.05, 4.69) is 5.32 Å².